The second-order valence-electron chi connectivity index (χ2n) is 4.62. The van der Waals surface area contributed by atoms with Gasteiger partial charge in [0.15, 0.2) is 0 Å². The normalized spacial score (nSPS) is 13.7. The van der Waals surface area contributed by atoms with E-state index < -0.39 is 23.1 Å². The molecule has 0 spiro atoms. The first-order valence-electron chi connectivity index (χ1n) is 6.02. The molecule has 0 bridgehead atoms. The maximum absolute atomic E-state index is 12.6. The van der Waals surface area contributed by atoms with Gasteiger partial charge in [0.1, 0.15) is 11.5 Å². The fraction of sp³-hybridized carbons (Fsp3) is 0.357. The van der Waals surface area contributed by atoms with Gasteiger partial charge in [0.05, 0.1) is 22.9 Å². The minimum absolute atomic E-state index is 0.0505. The van der Waals surface area contributed by atoms with Crippen molar-refractivity contribution in [3.8, 4) is 12.1 Å². The topological polar surface area (TPSA) is 76.7 Å². The van der Waals surface area contributed by atoms with Crippen LogP contribution in [0.1, 0.15) is 31.4 Å². The van der Waals surface area contributed by atoms with Crippen LogP contribution in [0, 0.1) is 28.1 Å². The molecular formula is C14H12F3N3O. The summed E-state index contributed by atoms with van der Waals surface area (Å²) in [6, 6.07) is 5.88. The number of nitriles is 2. The number of hydrogen-bond acceptors (Lipinski definition) is 3. The molecule has 1 aromatic carbocycles. The van der Waals surface area contributed by atoms with Crippen LogP contribution in [-0.4, -0.2) is 5.91 Å². The Morgan fingerprint density at radius 2 is 1.95 bits per heavy atom. The van der Waals surface area contributed by atoms with E-state index in [9.17, 15) is 18.0 Å². The highest BCUT2D eigenvalue weighted by atomic mass is 19.4. The van der Waals surface area contributed by atoms with E-state index in [2.05, 4.69) is 5.32 Å². The van der Waals surface area contributed by atoms with Gasteiger partial charge in [-0.1, -0.05) is 6.92 Å². The van der Waals surface area contributed by atoms with E-state index in [1.54, 1.807) is 13.0 Å². The summed E-state index contributed by atoms with van der Waals surface area (Å²) in [5.41, 5.74) is -2.65. The highest BCUT2D eigenvalue weighted by Crippen LogP contribution is 2.32. The Bertz CT molecular complexity index is 640. The number of carbonyl (C=O) groups excluding carboxylic acids is 1. The van der Waals surface area contributed by atoms with Crippen molar-refractivity contribution in [1.82, 2.24) is 0 Å². The molecule has 1 rings (SSSR count). The van der Waals surface area contributed by atoms with Gasteiger partial charge in [-0.3, -0.25) is 4.79 Å². The van der Waals surface area contributed by atoms with Crippen LogP contribution in [0.15, 0.2) is 18.2 Å². The molecule has 1 N–H and O–H groups in total. The number of benzene rings is 1. The molecule has 1 amide bonds. The molecule has 0 saturated heterocycles. The minimum atomic E-state index is -4.57. The molecule has 1 aromatic rings. The minimum Gasteiger partial charge on any atom is -0.324 e. The molecule has 0 aliphatic carbocycles. The molecule has 7 heteroatoms. The first-order valence-corrected chi connectivity index (χ1v) is 6.02. The molecule has 1 unspecified atom stereocenters. The molecule has 1 atom stereocenters. The predicted molar refractivity (Wildman–Crippen MR) is 68.8 cm³/mol. The second kappa shape index (κ2) is 5.84. The average Bonchev–Trinajstić information content (AvgIpc) is 2.45. The summed E-state index contributed by atoms with van der Waals surface area (Å²) < 4.78 is 37.7. The lowest BCUT2D eigenvalue weighted by Crippen LogP contribution is -2.31. The van der Waals surface area contributed by atoms with Gasteiger partial charge < -0.3 is 5.32 Å². The first-order chi connectivity index (χ1) is 9.67. The molecule has 110 valence electrons. The smallest absolute Gasteiger partial charge is 0.324 e. The largest absolute Gasteiger partial charge is 0.416 e. The number of anilines is 1. The van der Waals surface area contributed by atoms with Crippen molar-refractivity contribution in [2.75, 3.05) is 5.32 Å². The molecule has 0 aliphatic heterocycles. The quantitative estimate of drug-likeness (QED) is 0.927. The number of halogens is 3. The predicted octanol–water partition coefficient (Wildman–Crippen LogP) is 3.46. The van der Waals surface area contributed by atoms with Crippen molar-refractivity contribution in [1.29, 1.82) is 10.5 Å². The lowest BCUT2D eigenvalue weighted by atomic mass is 9.88. The number of nitrogens with one attached hydrogen (secondary N) is 1. The van der Waals surface area contributed by atoms with Crippen molar-refractivity contribution < 1.29 is 18.0 Å². The fourth-order valence-electron chi connectivity index (χ4n) is 1.47. The Morgan fingerprint density at radius 1 is 1.33 bits per heavy atom. The summed E-state index contributed by atoms with van der Waals surface area (Å²) >= 11 is 0. The van der Waals surface area contributed by atoms with Gasteiger partial charge in [-0.2, -0.15) is 23.7 Å². The number of alkyl halides is 3. The fourth-order valence-corrected chi connectivity index (χ4v) is 1.47. The van der Waals surface area contributed by atoms with Crippen LogP contribution in [0.4, 0.5) is 18.9 Å². The average molecular weight is 295 g/mol. The van der Waals surface area contributed by atoms with Gasteiger partial charge in [0, 0.05) is 0 Å². The SMILES string of the molecule is CCC(C)(C#N)C(=O)Nc1ccc(C(F)(F)F)cc1C#N. The van der Waals surface area contributed by atoms with Gasteiger partial charge in [-0.05, 0) is 31.5 Å². The maximum Gasteiger partial charge on any atom is 0.416 e. The molecule has 21 heavy (non-hydrogen) atoms. The third-order valence-corrected chi connectivity index (χ3v) is 3.17. The third kappa shape index (κ3) is 3.51. The maximum atomic E-state index is 12.6. The highest BCUT2D eigenvalue weighted by Gasteiger charge is 2.33. The van der Waals surface area contributed by atoms with E-state index in [-0.39, 0.29) is 17.7 Å². The molecule has 0 heterocycles. The van der Waals surface area contributed by atoms with E-state index >= 15 is 0 Å². The van der Waals surface area contributed by atoms with Crippen LogP contribution >= 0.6 is 0 Å². The molecule has 0 aliphatic rings. The van der Waals surface area contributed by atoms with Gasteiger partial charge >= 0.3 is 6.18 Å². The lowest BCUT2D eigenvalue weighted by Gasteiger charge is -2.19. The Labute approximate surface area is 119 Å². The highest BCUT2D eigenvalue weighted by molar-refractivity contribution is 5.97. The van der Waals surface area contributed by atoms with E-state index in [1.807, 2.05) is 6.07 Å². The van der Waals surface area contributed by atoms with E-state index in [4.69, 9.17) is 10.5 Å². The molecule has 4 nitrogen and oxygen atoms in total. The Morgan fingerprint density at radius 3 is 2.38 bits per heavy atom. The number of rotatable bonds is 3. The van der Waals surface area contributed by atoms with Crippen molar-refractivity contribution in [2.24, 2.45) is 5.41 Å². The molecular weight excluding hydrogens is 283 g/mol. The van der Waals surface area contributed by atoms with Crippen LogP contribution in [0.2, 0.25) is 0 Å². The summed E-state index contributed by atoms with van der Waals surface area (Å²) in [5, 5.41) is 20.2. The van der Waals surface area contributed by atoms with Crippen molar-refractivity contribution in [2.45, 2.75) is 26.4 Å². The lowest BCUT2D eigenvalue weighted by molar-refractivity contribution is -0.137. The summed E-state index contributed by atoms with van der Waals surface area (Å²) in [5.74, 6) is -0.663. The zero-order chi connectivity index (χ0) is 16.3. The Kier molecular flexibility index (Phi) is 4.59. The van der Waals surface area contributed by atoms with Crippen LogP contribution in [-0.2, 0) is 11.0 Å². The van der Waals surface area contributed by atoms with Gasteiger partial charge in [0.25, 0.3) is 0 Å². The third-order valence-electron chi connectivity index (χ3n) is 3.17. The first kappa shape index (κ1) is 16.5. The van der Waals surface area contributed by atoms with Gasteiger partial charge in [-0.15, -0.1) is 0 Å². The van der Waals surface area contributed by atoms with Crippen LogP contribution in [0.25, 0.3) is 0 Å². The molecule has 0 saturated carbocycles. The summed E-state index contributed by atoms with van der Waals surface area (Å²) in [7, 11) is 0. The second-order valence-corrected chi connectivity index (χ2v) is 4.62. The summed E-state index contributed by atoms with van der Waals surface area (Å²) in [6.45, 7) is 3.05. The Balaban J connectivity index is 3.15. The summed E-state index contributed by atoms with van der Waals surface area (Å²) in [4.78, 5) is 12.0. The molecule has 0 aromatic heterocycles. The van der Waals surface area contributed by atoms with Crippen molar-refractivity contribution in [3.05, 3.63) is 29.3 Å². The monoisotopic (exact) mass is 295 g/mol. The summed E-state index contributed by atoms with van der Waals surface area (Å²) in [6.07, 6.45) is -4.34. The van der Waals surface area contributed by atoms with Crippen LogP contribution < -0.4 is 5.32 Å². The van der Waals surface area contributed by atoms with Gasteiger partial charge in [0.2, 0.25) is 5.91 Å². The molecule has 0 radical (unpaired) electrons. The van der Waals surface area contributed by atoms with Crippen LogP contribution in [0.5, 0.6) is 0 Å². The number of amides is 1. The molecule has 0 fully saturated rings. The zero-order valence-corrected chi connectivity index (χ0v) is 11.4. The standard InChI is InChI=1S/C14H12F3N3O/c1-3-13(2,8-19)12(21)20-11-5-4-10(14(15,16)17)6-9(11)7-18/h4-6H,3H2,1-2H3,(H,20,21). The number of carbonyl (C=O) groups is 1. The van der Waals surface area contributed by atoms with Gasteiger partial charge in [-0.25, -0.2) is 0 Å². The van der Waals surface area contributed by atoms with E-state index in [0.717, 1.165) is 12.1 Å². The van der Waals surface area contributed by atoms with E-state index in [1.165, 1.54) is 6.92 Å². The number of hydrogen-bond donors (Lipinski definition) is 1. The van der Waals surface area contributed by atoms with Crippen molar-refractivity contribution >= 4 is 11.6 Å². The van der Waals surface area contributed by atoms with Crippen molar-refractivity contribution in [3.63, 3.8) is 0 Å². The number of nitrogens with zero attached hydrogens (tertiary/aromatic N) is 2. The van der Waals surface area contributed by atoms with Crippen LogP contribution in [0.3, 0.4) is 0 Å². The zero-order valence-electron chi connectivity index (χ0n) is 11.4. The van der Waals surface area contributed by atoms with E-state index in [0.29, 0.717) is 6.07 Å². The Hall–Kier alpha value is -2.54.